The molecule has 100 valence electrons. The number of nitrogens with zero attached hydrogens (tertiary/aromatic N) is 1. The molecule has 0 aromatic carbocycles. The van der Waals surface area contributed by atoms with Gasteiger partial charge in [-0.05, 0) is 25.0 Å². The molecule has 1 aromatic heterocycles. The molecule has 0 bridgehead atoms. The largest absolute Gasteiger partial charge is 0.459 e. The Balaban J connectivity index is 2.15. The lowest BCUT2D eigenvalue weighted by Crippen LogP contribution is -2.44. The van der Waals surface area contributed by atoms with Crippen LogP contribution < -0.4 is 0 Å². The van der Waals surface area contributed by atoms with E-state index in [4.69, 9.17) is 13.9 Å². The van der Waals surface area contributed by atoms with Crippen molar-refractivity contribution in [1.82, 2.24) is 4.90 Å². The fourth-order valence-corrected chi connectivity index (χ4v) is 2.53. The van der Waals surface area contributed by atoms with Crippen LogP contribution in [0.3, 0.4) is 0 Å². The van der Waals surface area contributed by atoms with Gasteiger partial charge in [0.1, 0.15) is 0 Å². The number of carbonyl (C=O) groups is 1. The maximum atomic E-state index is 12.4. The lowest BCUT2D eigenvalue weighted by atomic mass is 10.2. The average molecular weight is 253 g/mol. The van der Waals surface area contributed by atoms with Crippen LogP contribution in [0.15, 0.2) is 22.8 Å². The molecule has 0 spiro atoms. The van der Waals surface area contributed by atoms with Crippen molar-refractivity contribution in [2.24, 2.45) is 0 Å². The monoisotopic (exact) mass is 253 g/mol. The van der Waals surface area contributed by atoms with Gasteiger partial charge in [0.15, 0.2) is 5.76 Å². The van der Waals surface area contributed by atoms with Gasteiger partial charge in [0.2, 0.25) is 0 Å². The van der Waals surface area contributed by atoms with E-state index < -0.39 is 0 Å². The van der Waals surface area contributed by atoms with E-state index in [9.17, 15) is 4.79 Å². The molecule has 18 heavy (non-hydrogen) atoms. The van der Waals surface area contributed by atoms with Crippen LogP contribution in [0.25, 0.3) is 0 Å². The summed E-state index contributed by atoms with van der Waals surface area (Å²) in [5.74, 6) is 0.292. The number of carbonyl (C=O) groups excluding carboxylic acids is 1. The number of amides is 1. The summed E-state index contributed by atoms with van der Waals surface area (Å²) >= 11 is 0. The van der Waals surface area contributed by atoms with Crippen LogP contribution in [0.4, 0.5) is 0 Å². The molecule has 1 amide bonds. The van der Waals surface area contributed by atoms with Gasteiger partial charge in [0, 0.05) is 14.2 Å². The normalized spacial score (nSPS) is 23.6. The third kappa shape index (κ3) is 2.57. The summed E-state index contributed by atoms with van der Waals surface area (Å²) < 4.78 is 15.6. The van der Waals surface area contributed by atoms with Gasteiger partial charge in [-0.3, -0.25) is 4.79 Å². The standard InChI is InChI=1S/C13H19NO4/c1-16-8-10-5-6-11(9-17-2)14(10)13(15)12-4-3-7-18-12/h3-4,7,10-11H,5-6,8-9H2,1-2H3/t10-,11-/m1/s1. The molecule has 5 nitrogen and oxygen atoms in total. The smallest absolute Gasteiger partial charge is 0.290 e. The summed E-state index contributed by atoms with van der Waals surface area (Å²) in [6.07, 6.45) is 3.39. The van der Waals surface area contributed by atoms with Gasteiger partial charge in [-0.2, -0.15) is 0 Å². The number of hydrogen-bond acceptors (Lipinski definition) is 4. The predicted octanol–water partition coefficient (Wildman–Crippen LogP) is 1.55. The van der Waals surface area contributed by atoms with Crippen molar-refractivity contribution in [3.8, 4) is 0 Å². The number of likely N-dealkylation sites (tertiary alicyclic amines) is 1. The first-order valence-electron chi connectivity index (χ1n) is 6.12. The zero-order valence-corrected chi connectivity index (χ0v) is 10.8. The second-order valence-corrected chi connectivity index (χ2v) is 4.49. The van der Waals surface area contributed by atoms with Gasteiger partial charge in [0.25, 0.3) is 5.91 Å². The summed E-state index contributed by atoms with van der Waals surface area (Å²) in [6, 6.07) is 3.62. The minimum atomic E-state index is -0.0819. The number of furan rings is 1. The van der Waals surface area contributed by atoms with Crippen LogP contribution in [0.5, 0.6) is 0 Å². The minimum absolute atomic E-state index is 0.0819. The number of rotatable bonds is 5. The van der Waals surface area contributed by atoms with Crippen LogP contribution >= 0.6 is 0 Å². The molecule has 5 heteroatoms. The molecule has 1 saturated heterocycles. The SMILES string of the molecule is COC[C@H]1CC[C@H](COC)N1C(=O)c1ccco1. The molecule has 2 rings (SSSR count). The van der Waals surface area contributed by atoms with Gasteiger partial charge in [-0.15, -0.1) is 0 Å². The third-order valence-corrected chi connectivity index (χ3v) is 3.30. The lowest BCUT2D eigenvalue weighted by Gasteiger charge is -2.29. The van der Waals surface area contributed by atoms with Crippen LogP contribution in [-0.2, 0) is 9.47 Å². The molecule has 1 aliphatic heterocycles. The molecule has 1 aromatic rings. The van der Waals surface area contributed by atoms with E-state index in [2.05, 4.69) is 0 Å². The van der Waals surface area contributed by atoms with E-state index in [0.29, 0.717) is 19.0 Å². The van der Waals surface area contributed by atoms with Crippen molar-refractivity contribution < 1.29 is 18.7 Å². The third-order valence-electron chi connectivity index (χ3n) is 3.30. The number of ether oxygens (including phenoxy) is 2. The van der Waals surface area contributed by atoms with E-state index in [-0.39, 0.29) is 18.0 Å². The van der Waals surface area contributed by atoms with Crippen molar-refractivity contribution in [2.75, 3.05) is 27.4 Å². The highest BCUT2D eigenvalue weighted by molar-refractivity contribution is 5.92. The zero-order valence-electron chi connectivity index (χ0n) is 10.8. The first kappa shape index (κ1) is 13.1. The molecule has 0 radical (unpaired) electrons. The highest BCUT2D eigenvalue weighted by Gasteiger charge is 2.38. The minimum Gasteiger partial charge on any atom is -0.459 e. The topological polar surface area (TPSA) is 51.9 Å². The van der Waals surface area contributed by atoms with Crippen molar-refractivity contribution in [1.29, 1.82) is 0 Å². The van der Waals surface area contributed by atoms with Gasteiger partial charge >= 0.3 is 0 Å². The summed E-state index contributed by atoms with van der Waals surface area (Å²) in [5.41, 5.74) is 0. The van der Waals surface area contributed by atoms with Gasteiger partial charge in [-0.1, -0.05) is 0 Å². The van der Waals surface area contributed by atoms with E-state index >= 15 is 0 Å². The first-order chi connectivity index (χ1) is 8.77. The molecule has 0 unspecified atom stereocenters. The van der Waals surface area contributed by atoms with Crippen molar-refractivity contribution in [3.05, 3.63) is 24.2 Å². The van der Waals surface area contributed by atoms with Crippen molar-refractivity contribution in [3.63, 3.8) is 0 Å². The second kappa shape index (κ2) is 6.02. The Hall–Kier alpha value is -1.33. The quantitative estimate of drug-likeness (QED) is 0.799. The van der Waals surface area contributed by atoms with Crippen molar-refractivity contribution in [2.45, 2.75) is 24.9 Å². The Morgan fingerprint density at radius 1 is 1.33 bits per heavy atom. The molecule has 1 fully saturated rings. The van der Waals surface area contributed by atoms with E-state index in [1.807, 2.05) is 4.90 Å². The summed E-state index contributed by atoms with van der Waals surface area (Å²) in [5, 5.41) is 0. The predicted molar refractivity (Wildman–Crippen MR) is 65.4 cm³/mol. The Kier molecular flexibility index (Phi) is 4.38. The highest BCUT2D eigenvalue weighted by atomic mass is 16.5. The fraction of sp³-hybridized carbons (Fsp3) is 0.615. The molecule has 0 aliphatic carbocycles. The van der Waals surface area contributed by atoms with Gasteiger partial charge in [-0.25, -0.2) is 0 Å². The van der Waals surface area contributed by atoms with Crippen molar-refractivity contribution >= 4 is 5.91 Å². The average Bonchev–Trinajstić information content (AvgIpc) is 2.99. The Labute approximate surface area is 107 Å². The van der Waals surface area contributed by atoms with Gasteiger partial charge in [0.05, 0.1) is 31.6 Å². The Morgan fingerprint density at radius 3 is 2.39 bits per heavy atom. The fourth-order valence-electron chi connectivity index (χ4n) is 2.53. The van der Waals surface area contributed by atoms with Crippen LogP contribution in [0.2, 0.25) is 0 Å². The summed E-state index contributed by atoms with van der Waals surface area (Å²) in [6.45, 7) is 1.10. The zero-order chi connectivity index (χ0) is 13.0. The van der Waals surface area contributed by atoms with E-state index in [0.717, 1.165) is 12.8 Å². The highest BCUT2D eigenvalue weighted by Crippen LogP contribution is 2.26. The lowest BCUT2D eigenvalue weighted by molar-refractivity contribution is 0.0394. The van der Waals surface area contributed by atoms with Crippen LogP contribution in [0, 0.1) is 0 Å². The van der Waals surface area contributed by atoms with Crippen LogP contribution in [-0.4, -0.2) is 50.3 Å². The molecular weight excluding hydrogens is 234 g/mol. The summed E-state index contributed by atoms with van der Waals surface area (Å²) in [7, 11) is 3.30. The molecule has 2 heterocycles. The molecule has 2 atom stereocenters. The second-order valence-electron chi connectivity index (χ2n) is 4.49. The molecule has 0 N–H and O–H groups in total. The van der Waals surface area contributed by atoms with Gasteiger partial charge < -0.3 is 18.8 Å². The maximum absolute atomic E-state index is 12.4. The first-order valence-corrected chi connectivity index (χ1v) is 6.12. The Morgan fingerprint density at radius 2 is 1.94 bits per heavy atom. The molecular formula is C13H19NO4. The number of methoxy groups -OCH3 is 2. The molecule has 0 saturated carbocycles. The van der Waals surface area contributed by atoms with E-state index in [1.165, 1.54) is 6.26 Å². The number of hydrogen-bond donors (Lipinski definition) is 0. The Bertz CT molecular complexity index is 362. The van der Waals surface area contributed by atoms with Crippen LogP contribution in [0.1, 0.15) is 23.4 Å². The summed E-state index contributed by atoms with van der Waals surface area (Å²) in [4.78, 5) is 14.2. The van der Waals surface area contributed by atoms with E-state index in [1.54, 1.807) is 26.4 Å². The molecule has 1 aliphatic rings. The maximum Gasteiger partial charge on any atom is 0.290 e.